The number of anilines is 2. The van der Waals surface area contributed by atoms with E-state index >= 15 is 0 Å². The highest BCUT2D eigenvalue weighted by molar-refractivity contribution is 6.31. The molecule has 71 heavy (non-hydrogen) atoms. The first-order chi connectivity index (χ1) is 35.3. The molecule has 0 fully saturated rings. The SMILES string of the molecule is C1=C=C(N(c2ccc3c4c(cccc24)-c2c-3c(-c3ccccc3)c3ccccc3c2-c2ccccc2)c2ccc3c4c(cccc24)-c2c-3c(-c3ccccc3)c3ccccc3c2-c2ccccc2)C=CC=1. The summed E-state index contributed by atoms with van der Waals surface area (Å²) in [5, 5.41) is 9.92. The summed E-state index contributed by atoms with van der Waals surface area (Å²) in [5.41, 5.74) is 30.2. The van der Waals surface area contributed by atoms with Crippen molar-refractivity contribution in [2.24, 2.45) is 0 Å². The third-order valence-electron chi connectivity index (χ3n) is 15.2. The van der Waals surface area contributed by atoms with Gasteiger partial charge < -0.3 is 4.90 Å². The molecule has 12 aromatic rings. The zero-order valence-corrected chi connectivity index (χ0v) is 38.6. The Morgan fingerprint density at radius 3 is 0.930 bits per heavy atom. The molecule has 3 aliphatic carbocycles. The molecule has 0 aromatic heterocycles. The van der Waals surface area contributed by atoms with Gasteiger partial charge in [-0.25, -0.2) is 0 Å². The van der Waals surface area contributed by atoms with Gasteiger partial charge in [0.05, 0.1) is 17.1 Å². The largest absolute Gasteiger partial charge is 0.302 e. The highest BCUT2D eigenvalue weighted by atomic mass is 15.1. The van der Waals surface area contributed by atoms with Crippen LogP contribution in [0.2, 0.25) is 0 Å². The van der Waals surface area contributed by atoms with Crippen molar-refractivity contribution >= 4 is 54.5 Å². The van der Waals surface area contributed by atoms with Gasteiger partial charge in [0.15, 0.2) is 0 Å². The Morgan fingerprint density at radius 1 is 0.268 bits per heavy atom. The van der Waals surface area contributed by atoms with Crippen LogP contribution in [0.25, 0.3) is 132 Å². The summed E-state index contributed by atoms with van der Waals surface area (Å²) >= 11 is 0. The van der Waals surface area contributed by atoms with Gasteiger partial charge in [0, 0.05) is 10.8 Å². The van der Waals surface area contributed by atoms with Gasteiger partial charge in [0.25, 0.3) is 0 Å². The van der Waals surface area contributed by atoms with Gasteiger partial charge in [-0.15, -0.1) is 0 Å². The zero-order chi connectivity index (χ0) is 46.6. The molecule has 0 heterocycles. The number of fused-ring (bicyclic) bond motifs is 8. The minimum absolute atomic E-state index is 0.932. The second kappa shape index (κ2) is 15.5. The van der Waals surface area contributed by atoms with E-state index in [-0.39, 0.29) is 0 Å². The van der Waals surface area contributed by atoms with Gasteiger partial charge in [0.1, 0.15) is 0 Å². The normalized spacial score (nSPS) is 12.5. The van der Waals surface area contributed by atoms with E-state index in [9.17, 15) is 0 Å². The first-order valence-electron chi connectivity index (χ1n) is 24.5. The molecule has 3 aliphatic rings. The molecular formula is C70H41N. The molecule has 0 amide bonds. The number of nitrogens with zero attached hydrogens (tertiary/aromatic N) is 1. The molecule has 0 unspecified atom stereocenters. The topological polar surface area (TPSA) is 3.24 Å². The summed E-state index contributed by atoms with van der Waals surface area (Å²) in [4.78, 5) is 2.44. The maximum Gasteiger partial charge on any atom is 0.0973 e. The van der Waals surface area contributed by atoms with Crippen molar-refractivity contribution in [2.75, 3.05) is 4.90 Å². The lowest BCUT2D eigenvalue weighted by Crippen LogP contribution is -2.16. The van der Waals surface area contributed by atoms with E-state index in [1.165, 1.54) is 132 Å². The molecule has 0 saturated heterocycles. The third kappa shape index (κ3) is 5.71. The lowest BCUT2D eigenvalue weighted by Gasteiger charge is -2.28. The Labute approximate surface area is 412 Å². The first-order valence-corrected chi connectivity index (χ1v) is 24.5. The van der Waals surface area contributed by atoms with Gasteiger partial charge >= 0.3 is 0 Å². The van der Waals surface area contributed by atoms with E-state index in [0.29, 0.717) is 0 Å². The summed E-state index contributed by atoms with van der Waals surface area (Å²) in [5.74, 6) is 0. The predicted molar refractivity (Wildman–Crippen MR) is 300 cm³/mol. The van der Waals surface area contributed by atoms with Crippen molar-refractivity contribution in [3.05, 3.63) is 266 Å². The molecule has 0 N–H and O–H groups in total. The van der Waals surface area contributed by atoms with E-state index in [4.69, 9.17) is 0 Å². The molecule has 0 saturated carbocycles. The Hall–Kier alpha value is -9.48. The van der Waals surface area contributed by atoms with Crippen molar-refractivity contribution in [1.29, 1.82) is 0 Å². The van der Waals surface area contributed by atoms with Crippen molar-refractivity contribution in [2.45, 2.75) is 0 Å². The van der Waals surface area contributed by atoms with Gasteiger partial charge in [-0.3, -0.25) is 0 Å². The Kier molecular flexibility index (Phi) is 8.64. The standard InChI is InChI=1S/C70H41N/c1-6-22-44(23-7-1)61-49-32-16-18-34-51(49)63(46-26-10-3-11-27-46)69-57-40-42-59(53-36-20-38-55(65(53)57)67(61)69)71(48-30-14-5-15-31-48)60-43-41-58-66-54(60)37-21-39-56(66)68-62(45-24-8-2-9-25-45)50-33-17-19-35-52(50)64(70(58)68)47-28-12-4-13-29-47/h1-14,16-30,32-43H. The molecule has 1 heteroatoms. The van der Waals surface area contributed by atoms with Crippen LogP contribution in [0.5, 0.6) is 0 Å². The van der Waals surface area contributed by atoms with Crippen LogP contribution in [-0.2, 0) is 0 Å². The van der Waals surface area contributed by atoms with Gasteiger partial charge in [0.2, 0.25) is 0 Å². The smallest absolute Gasteiger partial charge is 0.0973 e. The average Bonchev–Trinajstić information content (AvgIpc) is 3.96. The first kappa shape index (κ1) is 39.5. The van der Waals surface area contributed by atoms with Crippen LogP contribution in [0.3, 0.4) is 0 Å². The molecule has 0 atom stereocenters. The molecule has 12 aromatic carbocycles. The second-order valence-corrected chi connectivity index (χ2v) is 18.8. The average molecular weight is 896 g/mol. The van der Waals surface area contributed by atoms with Crippen LogP contribution in [0.4, 0.5) is 11.4 Å². The van der Waals surface area contributed by atoms with Crippen LogP contribution in [0, 0.1) is 0 Å². The Balaban J connectivity index is 1.02. The molecule has 0 spiro atoms. The fourth-order valence-corrected chi connectivity index (χ4v) is 12.4. The van der Waals surface area contributed by atoms with Crippen LogP contribution in [-0.4, -0.2) is 0 Å². The van der Waals surface area contributed by atoms with E-state index in [0.717, 1.165) is 17.1 Å². The number of allylic oxidation sites excluding steroid dienone is 3. The third-order valence-corrected chi connectivity index (χ3v) is 15.2. The quantitative estimate of drug-likeness (QED) is 0.144. The zero-order valence-electron chi connectivity index (χ0n) is 38.6. The van der Waals surface area contributed by atoms with Crippen molar-refractivity contribution in [3.63, 3.8) is 0 Å². The summed E-state index contributed by atoms with van der Waals surface area (Å²) in [6.45, 7) is 0. The van der Waals surface area contributed by atoms with Crippen molar-refractivity contribution in [1.82, 2.24) is 0 Å². The summed E-state index contributed by atoms with van der Waals surface area (Å²) < 4.78 is 0. The highest BCUT2D eigenvalue weighted by Crippen LogP contribution is 2.61. The van der Waals surface area contributed by atoms with Crippen LogP contribution in [0.1, 0.15) is 0 Å². The number of hydrogen-bond donors (Lipinski definition) is 0. The Morgan fingerprint density at radius 2 is 0.592 bits per heavy atom. The van der Waals surface area contributed by atoms with E-state index in [1.54, 1.807) is 0 Å². The monoisotopic (exact) mass is 895 g/mol. The predicted octanol–water partition coefficient (Wildman–Crippen LogP) is 19.2. The molecule has 326 valence electrons. The van der Waals surface area contributed by atoms with Gasteiger partial charge in [-0.1, -0.05) is 230 Å². The Bertz CT molecular complexity index is 3930. The number of benzene rings is 12. The minimum atomic E-state index is 0.932. The lowest BCUT2D eigenvalue weighted by molar-refractivity contribution is 1.24. The highest BCUT2D eigenvalue weighted by Gasteiger charge is 2.35. The summed E-state index contributed by atoms with van der Waals surface area (Å²) in [6.07, 6.45) is 6.20. The summed E-state index contributed by atoms with van der Waals surface area (Å²) in [7, 11) is 0. The lowest BCUT2D eigenvalue weighted by atomic mass is 9.82. The maximum atomic E-state index is 3.59. The van der Waals surface area contributed by atoms with Crippen LogP contribution in [0.15, 0.2) is 266 Å². The molecule has 0 aliphatic heterocycles. The van der Waals surface area contributed by atoms with Crippen LogP contribution < -0.4 is 4.90 Å². The van der Waals surface area contributed by atoms with E-state index in [2.05, 4.69) is 259 Å². The minimum Gasteiger partial charge on any atom is -0.302 e. The summed E-state index contributed by atoms with van der Waals surface area (Å²) in [6, 6.07) is 85.3. The van der Waals surface area contributed by atoms with E-state index < -0.39 is 0 Å². The second-order valence-electron chi connectivity index (χ2n) is 18.8. The maximum absolute atomic E-state index is 3.59. The van der Waals surface area contributed by atoms with Crippen molar-refractivity contribution in [3.8, 4) is 89.0 Å². The molecule has 15 rings (SSSR count). The van der Waals surface area contributed by atoms with Gasteiger partial charge in [-0.05, 0) is 151 Å². The fourth-order valence-electron chi connectivity index (χ4n) is 12.4. The van der Waals surface area contributed by atoms with Gasteiger partial charge in [-0.2, -0.15) is 0 Å². The van der Waals surface area contributed by atoms with Crippen LogP contribution >= 0.6 is 0 Å². The molecule has 0 bridgehead atoms. The van der Waals surface area contributed by atoms with E-state index in [1.807, 2.05) is 6.08 Å². The number of rotatable bonds is 7. The molecule has 0 radical (unpaired) electrons. The molecule has 1 nitrogen and oxygen atoms in total. The number of hydrogen-bond acceptors (Lipinski definition) is 1. The van der Waals surface area contributed by atoms with Crippen molar-refractivity contribution < 1.29 is 0 Å². The fraction of sp³-hybridized carbons (Fsp3) is 0. The molecular weight excluding hydrogens is 855 g/mol.